The second-order valence-corrected chi connectivity index (χ2v) is 8.86. The molecule has 9 heteroatoms. The van der Waals surface area contributed by atoms with Crippen molar-refractivity contribution in [1.29, 1.82) is 0 Å². The molecule has 0 atom stereocenters. The number of rotatable bonds is 5. The number of benzene rings is 1. The molecule has 1 amide bonds. The van der Waals surface area contributed by atoms with E-state index >= 15 is 0 Å². The summed E-state index contributed by atoms with van der Waals surface area (Å²) in [5, 5.41) is 20.6. The van der Waals surface area contributed by atoms with E-state index in [1.807, 2.05) is 40.4 Å². The summed E-state index contributed by atoms with van der Waals surface area (Å²) in [6, 6.07) is 6.66. The number of pyridine rings is 1. The Morgan fingerprint density at radius 3 is 2.70 bits per heavy atom. The monoisotopic (exact) mass is 444 g/mol. The number of hydrogen-bond donors (Lipinski definition) is 2. The zero-order valence-corrected chi connectivity index (χ0v) is 19.1. The van der Waals surface area contributed by atoms with E-state index in [9.17, 15) is 4.79 Å². The molecule has 3 aromatic heterocycles. The molecule has 0 spiro atoms. The van der Waals surface area contributed by atoms with Crippen LogP contribution in [0.25, 0.3) is 33.3 Å². The van der Waals surface area contributed by atoms with E-state index in [2.05, 4.69) is 51.8 Å². The van der Waals surface area contributed by atoms with Gasteiger partial charge in [-0.15, -0.1) is 5.10 Å². The summed E-state index contributed by atoms with van der Waals surface area (Å²) >= 11 is 0. The molecule has 1 saturated heterocycles. The molecule has 2 N–H and O–H groups in total. The minimum atomic E-state index is 0.133. The molecular formula is C24H28N8O. The lowest BCUT2D eigenvalue weighted by molar-refractivity contribution is -0.130. The third-order valence-electron chi connectivity index (χ3n) is 6.21. The number of aromatic nitrogens is 6. The molecule has 5 rings (SSSR count). The first kappa shape index (κ1) is 21.1. The molecule has 0 unspecified atom stereocenters. The van der Waals surface area contributed by atoms with Crippen LogP contribution in [-0.2, 0) is 4.79 Å². The number of H-pyrrole nitrogens is 1. The van der Waals surface area contributed by atoms with Crippen LogP contribution >= 0.6 is 0 Å². The van der Waals surface area contributed by atoms with E-state index in [4.69, 9.17) is 4.98 Å². The summed E-state index contributed by atoms with van der Waals surface area (Å²) in [6.07, 6.45) is 9.32. The number of carbonyl (C=O) groups excluding carboxylic acids is 1. The van der Waals surface area contributed by atoms with Gasteiger partial charge in [-0.2, -0.15) is 5.10 Å². The van der Waals surface area contributed by atoms with Gasteiger partial charge in [0.25, 0.3) is 0 Å². The molecule has 0 radical (unpaired) electrons. The lowest BCUT2D eigenvalue weighted by Crippen LogP contribution is -2.37. The molecule has 9 nitrogen and oxygen atoms in total. The SMILES string of the molecule is CC(=O)N1CCC(n2cc(-c3cnc4c(-c5cn[nH]c5)cccc4c3NC(C)C)nn2)CC1. The number of aromatic amines is 1. The fourth-order valence-corrected chi connectivity index (χ4v) is 4.52. The quantitative estimate of drug-likeness (QED) is 0.484. The van der Waals surface area contributed by atoms with E-state index < -0.39 is 0 Å². The largest absolute Gasteiger partial charge is 0.382 e. The number of anilines is 1. The summed E-state index contributed by atoms with van der Waals surface area (Å²) in [7, 11) is 0. The van der Waals surface area contributed by atoms with Gasteiger partial charge in [0.05, 0.1) is 29.6 Å². The van der Waals surface area contributed by atoms with Crippen molar-refractivity contribution in [3.8, 4) is 22.4 Å². The average Bonchev–Trinajstić information content (AvgIpc) is 3.51. The first-order valence-electron chi connectivity index (χ1n) is 11.4. The van der Waals surface area contributed by atoms with Gasteiger partial charge in [0.2, 0.25) is 5.91 Å². The zero-order valence-electron chi connectivity index (χ0n) is 19.1. The average molecular weight is 445 g/mol. The smallest absolute Gasteiger partial charge is 0.219 e. The van der Waals surface area contributed by atoms with E-state index in [1.54, 1.807) is 6.92 Å². The van der Waals surface area contributed by atoms with E-state index in [1.165, 1.54) is 0 Å². The van der Waals surface area contributed by atoms with E-state index in [-0.39, 0.29) is 18.0 Å². The Morgan fingerprint density at radius 2 is 2.00 bits per heavy atom. The third kappa shape index (κ3) is 4.06. The molecule has 0 bridgehead atoms. The molecule has 1 aliphatic heterocycles. The van der Waals surface area contributed by atoms with E-state index in [0.717, 1.165) is 64.9 Å². The maximum atomic E-state index is 11.6. The van der Waals surface area contributed by atoms with Crippen molar-refractivity contribution in [3.05, 3.63) is 43.0 Å². The molecule has 1 aliphatic rings. The Balaban J connectivity index is 1.53. The predicted octanol–water partition coefficient (Wildman–Crippen LogP) is 3.89. The van der Waals surface area contributed by atoms with Crippen LogP contribution in [0.4, 0.5) is 5.69 Å². The summed E-state index contributed by atoms with van der Waals surface area (Å²) in [4.78, 5) is 18.4. The van der Waals surface area contributed by atoms with Crippen LogP contribution < -0.4 is 5.32 Å². The number of fused-ring (bicyclic) bond motifs is 1. The van der Waals surface area contributed by atoms with Crippen molar-refractivity contribution in [2.75, 3.05) is 18.4 Å². The fraction of sp³-hybridized carbons (Fsp3) is 0.375. The van der Waals surface area contributed by atoms with Crippen LogP contribution in [0.2, 0.25) is 0 Å². The van der Waals surface area contributed by atoms with Crippen LogP contribution in [0, 0.1) is 0 Å². The van der Waals surface area contributed by atoms with Gasteiger partial charge in [-0.25, -0.2) is 4.68 Å². The number of nitrogens with zero attached hydrogens (tertiary/aromatic N) is 6. The second-order valence-electron chi connectivity index (χ2n) is 8.86. The molecule has 1 aromatic carbocycles. The third-order valence-corrected chi connectivity index (χ3v) is 6.21. The molecule has 170 valence electrons. The number of nitrogens with one attached hydrogen (secondary N) is 2. The van der Waals surface area contributed by atoms with Gasteiger partial charge in [-0.05, 0) is 26.7 Å². The standard InChI is InChI=1S/C24H28N8O/c1-15(2)28-24-20-6-4-5-19(17-11-26-27-12-17)23(20)25-13-21(24)22-14-32(30-29-22)18-7-9-31(10-8-18)16(3)33/h4-6,11-15,18H,7-10H2,1-3H3,(H,25,28)(H,26,27). The highest BCUT2D eigenvalue weighted by Gasteiger charge is 2.24. The summed E-state index contributed by atoms with van der Waals surface area (Å²) in [5.74, 6) is 0.133. The number of amides is 1. The molecule has 33 heavy (non-hydrogen) atoms. The highest BCUT2D eigenvalue weighted by Crippen LogP contribution is 2.37. The normalized spacial score (nSPS) is 14.8. The maximum absolute atomic E-state index is 11.6. The van der Waals surface area contributed by atoms with Crippen LogP contribution in [0.15, 0.2) is 43.0 Å². The zero-order chi connectivity index (χ0) is 22.9. The Morgan fingerprint density at radius 1 is 1.18 bits per heavy atom. The van der Waals surface area contributed by atoms with Crippen LogP contribution in [0.5, 0.6) is 0 Å². The van der Waals surface area contributed by atoms with Gasteiger partial charge in [-0.1, -0.05) is 23.4 Å². The molecule has 0 aliphatic carbocycles. The van der Waals surface area contributed by atoms with Crippen molar-refractivity contribution < 1.29 is 4.79 Å². The number of hydrogen-bond acceptors (Lipinski definition) is 6. The van der Waals surface area contributed by atoms with Crippen molar-refractivity contribution in [2.45, 2.75) is 45.7 Å². The number of carbonyl (C=O) groups is 1. The highest BCUT2D eigenvalue weighted by atomic mass is 16.2. The van der Waals surface area contributed by atoms with Gasteiger partial charge >= 0.3 is 0 Å². The highest BCUT2D eigenvalue weighted by molar-refractivity contribution is 6.04. The maximum Gasteiger partial charge on any atom is 0.219 e. The van der Waals surface area contributed by atoms with Crippen LogP contribution in [0.3, 0.4) is 0 Å². The minimum absolute atomic E-state index is 0.133. The number of piperidine rings is 1. The molecule has 4 aromatic rings. The molecule has 0 saturated carbocycles. The number of likely N-dealkylation sites (tertiary alicyclic amines) is 1. The van der Waals surface area contributed by atoms with Gasteiger partial charge < -0.3 is 10.2 Å². The topological polar surface area (TPSA) is 105 Å². The lowest BCUT2D eigenvalue weighted by Gasteiger charge is -2.31. The van der Waals surface area contributed by atoms with Crippen LogP contribution in [-0.4, -0.2) is 60.1 Å². The molecule has 4 heterocycles. The minimum Gasteiger partial charge on any atom is -0.382 e. The van der Waals surface area contributed by atoms with Crippen molar-refractivity contribution in [2.24, 2.45) is 0 Å². The Hall–Kier alpha value is -3.75. The lowest BCUT2D eigenvalue weighted by atomic mass is 10.0. The summed E-state index contributed by atoms with van der Waals surface area (Å²) in [6.45, 7) is 7.38. The van der Waals surface area contributed by atoms with Gasteiger partial charge in [0.1, 0.15) is 5.69 Å². The molecule has 1 fully saturated rings. The van der Waals surface area contributed by atoms with Gasteiger partial charge in [0, 0.05) is 60.5 Å². The van der Waals surface area contributed by atoms with Gasteiger partial charge in [-0.3, -0.25) is 14.9 Å². The predicted molar refractivity (Wildman–Crippen MR) is 128 cm³/mol. The summed E-state index contributed by atoms with van der Waals surface area (Å²) in [5.41, 5.74) is 5.65. The fourth-order valence-electron chi connectivity index (χ4n) is 4.52. The first-order chi connectivity index (χ1) is 16.0. The van der Waals surface area contributed by atoms with Gasteiger partial charge in [0.15, 0.2) is 0 Å². The van der Waals surface area contributed by atoms with Crippen LogP contribution in [0.1, 0.15) is 39.7 Å². The van der Waals surface area contributed by atoms with Crippen molar-refractivity contribution in [3.63, 3.8) is 0 Å². The Kier molecular flexibility index (Phi) is 5.53. The summed E-state index contributed by atoms with van der Waals surface area (Å²) < 4.78 is 1.94. The van der Waals surface area contributed by atoms with E-state index in [0.29, 0.717) is 0 Å². The number of para-hydroxylation sites is 1. The van der Waals surface area contributed by atoms with Crippen molar-refractivity contribution in [1.82, 2.24) is 35.1 Å². The first-order valence-corrected chi connectivity index (χ1v) is 11.4. The Labute approximate surface area is 192 Å². The Bertz CT molecular complexity index is 1270. The van der Waals surface area contributed by atoms with Crippen molar-refractivity contribution >= 4 is 22.5 Å². The second kappa shape index (κ2) is 8.65. The molecular weight excluding hydrogens is 416 g/mol.